The molecule has 21 heavy (non-hydrogen) atoms. The van der Waals surface area contributed by atoms with E-state index in [0.29, 0.717) is 0 Å². The third-order valence-corrected chi connectivity index (χ3v) is 12.3. The summed E-state index contributed by atoms with van der Waals surface area (Å²) in [5, 5.41) is 0. The summed E-state index contributed by atoms with van der Waals surface area (Å²) in [6.07, 6.45) is 10.9. The van der Waals surface area contributed by atoms with Gasteiger partial charge >= 0.3 is 133 Å². The molecule has 0 aliphatic heterocycles. The maximum absolute atomic E-state index is 12.2. The summed E-state index contributed by atoms with van der Waals surface area (Å²) >= 11 is 0. The van der Waals surface area contributed by atoms with Gasteiger partial charge in [0, 0.05) is 0 Å². The SMILES string of the molecule is CCCCCCCCCCS(=O)(=O)OP(C)(C)(CC)CC. The van der Waals surface area contributed by atoms with Gasteiger partial charge in [-0.1, -0.05) is 0 Å². The minimum absolute atomic E-state index is 0.182. The van der Waals surface area contributed by atoms with Crippen molar-refractivity contribution >= 4 is 16.9 Å². The van der Waals surface area contributed by atoms with Crippen LogP contribution in [0.1, 0.15) is 72.1 Å². The Hall–Kier alpha value is 0.340. The van der Waals surface area contributed by atoms with Crippen molar-refractivity contribution in [3.63, 3.8) is 0 Å². The van der Waals surface area contributed by atoms with Crippen molar-refractivity contribution in [3.05, 3.63) is 0 Å². The van der Waals surface area contributed by atoms with E-state index >= 15 is 0 Å². The Morgan fingerprint density at radius 3 is 1.62 bits per heavy atom. The number of unbranched alkanes of at least 4 members (excludes halogenated alkanes) is 7. The molecule has 0 heterocycles. The first kappa shape index (κ1) is 21.3. The Kier molecular flexibility index (Phi) is 9.63. The van der Waals surface area contributed by atoms with Crippen LogP contribution < -0.4 is 0 Å². The molecule has 0 aromatic rings. The summed E-state index contributed by atoms with van der Waals surface area (Å²) in [5.74, 6) is 0.182. The Morgan fingerprint density at radius 1 is 0.762 bits per heavy atom. The van der Waals surface area contributed by atoms with Crippen LogP contribution in [-0.2, 0) is 14.1 Å². The molecular formula is C16H37O3PS. The summed E-state index contributed by atoms with van der Waals surface area (Å²) in [4.78, 5) is 0. The van der Waals surface area contributed by atoms with E-state index < -0.39 is 16.9 Å². The summed E-state index contributed by atoms with van der Waals surface area (Å²) in [5.41, 5.74) is 0. The Balaban J connectivity index is 3.99. The molecular weight excluding hydrogens is 303 g/mol. The third kappa shape index (κ3) is 9.86. The Morgan fingerprint density at radius 2 is 1.19 bits per heavy atom. The molecule has 0 rings (SSSR count). The van der Waals surface area contributed by atoms with Crippen LogP contribution in [0.4, 0.5) is 0 Å². The molecule has 0 aromatic heterocycles. The molecule has 0 radical (unpaired) electrons. The second-order valence-electron chi connectivity index (χ2n) is 7.00. The van der Waals surface area contributed by atoms with Gasteiger partial charge in [0.1, 0.15) is 0 Å². The van der Waals surface area contributed by atoms with Crippen LogP contribution in [0.2, 0.25) is 0 Å². The van der Waals surface area contributed by atoms with E-state index in [2.05, 4.69) is 6.92 Å². The van der Waals surface area contributed by atoms with Crippen molar-refractivity contribution < 1.29 is 12.4 Å². The molecule has 0 amide bonds. The van der Waals surface area contributed by atoms with E-state index in [-0.39, 0.29) is 5.75 Å². The van der Waals surface area contributed by atoms with Crippen molar-refractivity contribution in [1.29, 1.82) is 0 Å². The first-order chi connectivity index (χ1) is 9.67. The fourth-order valence-corrected chi connectivity index (χ4v) is 7.41. The van der Waals surface area contributed by atoms with Gasteiger partial charge in [-0.05, 0) is 0 Å². The van der Waals surface area contributed by atoms with Crippen LogP contribution in [0.5, 0.6) is 0 Å². The summed E-state index contributed by atoms with van der Waals surface area (Å²) in [6.45, 7) is 7.85. The quantitative estimate of drug-likeness (QED) is 0.340. The van der Waals surface area contributed by atoms with E-state index in [0.717, 1.165) is 31.6 Å². The number of rotatable bonds is 13. The van der Waals surface area contributed by atoms with Gasteiger partial charge in [0.15, 0.2) is 0 Å². The zero-order chi connectivity index (χ0) is 16.4. The first-order valence-electron chi connectivity index (χ1n) is 8.62. The molecule has 3 nitrogen and oxygen atoms in total. The zero-order valence-corrected chi connectivity index (χ0v) is 16.6. The number of hydrogen-bond donors (Lipinski definition) is 0. The fourth-order valence-electron chi connectivity index (χ4n) is 2.17. The van der Waals surface area contributed by atoms with Crippen LogP contribution in [0.3, 0.4) is 0 Å². The molecule has 0 N–H and O–H groups in total. The maximum atomic E-state index is 12.2. The van der Waals surface area contributed by atoms with Crippen LogP contribution in [-0.4, -0.2) is 39.8 Å². The van der Waals surface area contributed by atoms with E-state index in [9.17, 15) is 8.42 Å². The topological polar surface area (TPSA) is 43.4 Å². The van der Waals surface area contributed by atoms with Crippen molar-refractivity contribution in [2.45, 2.75) is 72.1 Å². The van der Waals surface area contributed by atoms with Crippen LogP contribution in [0, 0.1) is 0 Å². The standard InChI is InChI=1S/C16H37O3PS/c1-6-9-10-11-12-13-14-15-16-21(17,18)19-20(4,5,7-2)8-3/h6-16H2,1-5H3. The average molecular weight is 341 g/mol. The van der Waals surface area contributed by atoms with Crippen LogP contribution in [0.25, 0.3) is 0 Å². The number of hydrogen-bond acceptors (Lipinski definition) is 3. The van der Waals surface area contributed by atoms with Gasteiger partial charge in [0.25, 0.3) is 0 Å². The van der Waals surface area contributed by atoms with Crippen molar-refractivity contribution in [2.75, 3.05) is 31.4 Å². The van der Waals surface area contributed by atoms with Gasteiger partial charge in [0.05, 0.1) is 0 Å². The zero-order valence-electron chi connectivity index (χ0n) is 14.9. The molecule has 0 saturated carbocycles. The van der Waals surface area contributed by atoms with Gasteiger partial charge in [-0.3, -0.25) is 0 Å². The van der Waals surface area contributed by atoms with Gasteiger partial charge < -0.3 is 0 Å². The normalized spacial score (nSPS) is 14.8. The molecule has 0 aliphatic rings. The molecule has 0 bridgehead atoms. The molecule has 0 aromatic carbocycles. The van der Waals surface area contributed by atoms with Gasteiger partial charge in [-0.2, -0.15) is 0 Å². The van der Waals surface area contributed by atoms with Gasteiger partial charge in [-0.15, -0.1) is 0 Å². The van der Waals surface area contributed by atoms with Gasteiger partial charge in [-0.25, -0.2) is 0 Å². The van der Waals surface area contributed by atoms with Crippen molar-refractivity contribution in [3.8, 4) is 0 Å². The van der Waals surface area contributed by atoms with Gasteiger partial charge in [0.2, 0.25) is 0 Å². The van der Waals surface area contributed by atoms with Crippen LogP contribution in [0.15, 0.2) is 0 Å². The van der Waals surface area contributed by atoms with E-state index in [1.807, 2.05) is 27.2 Å². The predicted octanol–water partition coefficient (Wildman–Crippen LogP) is 5.24. The van der Waals surface area contributed by atoms with Crippen molar-refractivity contribution in [1.82, 2.24) is 0 Å². The van der Waals surface area contributed by atoms with E-state index in [4.69, 9.17) is 3.97 Å². The molecule has 0 spiro atoms. The summed E-state index contributed by atoms with van der Waals surface area (Å²) in [7, 11) is -3.37. The molecule has 0 atom stereocenters. The summed E-state index contributed by atoms with van der Waals surface area (Å²) in [6, 6.07) is 0. The monoisotopic (exact) mass is 340 g/mol. The molecule has 0 fully saturated rings. The van der Waals surface area contributed by atoms with E-state index in [1.54, 1.807) is 0 Å². The second kappa shape index (κ2) is 9.47. The second-order valence-corrected chi connectivity index (χ2v) is 15.5. The average Bonchev–Trinajstić information content (AvgIpc) is 2.41. The van der Waals surface area contributed by atoms with E-state index in [1.165, 1.54) is 32.1 Å². The molecule has 5 heteroatoms. The third-order valence-electron chi connectivity index (χ3n) is 4.59. The molecule has 130 valence electrons. The summed E-state index contributed by atoms with van der Waals surface area (Å²) < 4.78 is 30.0. The molecule has 0 saturated heterocycles. The minimum atomic E-state index is -3.37. The molecule has 0 unspecified atom stereocenters. The first-order valence-corrected chi connectivity index (χ1v) is 13.6. The fraction of sp³-hybridized carbons (Fsp3) is 1.00. The van der Waals surface area contributed by atoms with Crippen molar-refractivity contribution in [2.24, 2.45) is 0 Å². The van der Waals surface area contributed by atoms with Crippen LogP contribution >= 0.6 is 6.83 Å². The Labute approximate surface area is 133 Å². The molecule has 0 aliphatic carbocycles. The Bertz CT molecular complexity index is 369. The predicted molar refractivity (Wildman–Crippen MR) is 97.3 cm³/mol.